The van der Waals surface area contributed by atoms with Crippen LogP contribution in [-0.4, -0.2) is 4.57 Å². The van der Waals surface area contributed by atoms with Crippen molar-refractivity contribution in [1.29, 1.82) is 0 Å². The van der Waals surface area contributed by atoms with Crippen molar-refractivity contribution >= 4 is 249 Å². The van der Waals surface area contributed by atoms with Gasteiger partial charge in [-0.05, 0) is 290 Å². The van der Waals surface area contributed by atoms with Crippen LogP contribution in [0.3, 0.4) is 0 Å². The van der Waals surface area contributed by atoms with Gasteiger partial charge in [0.15, 0.2) is 0 Å². The van der Waals surface area contributed by atoms with E-state index < -0.39 is 0 Å². The van der Waals surface area contributed by atoms with Gasteiger partial charge in [0.2, 0.25) is 0 Å². The highest BCUT2D eigenvalue weighted by Gasteiger charge is 2.27. The summed E-state index contributed by atoms with van der Waals surface area (Å²) in [7, 11) is 0. The van der Waals surface area contributed by atoms with Crippen molar-refractivity contribution in [1.82, 2.24) is 4.57 Å². The Balaban J connectivity index is 0.0000000998. The molecule has 0 amide bonds. The van der Waals surface area contributed by atoms with Crippen LogP contribution < -0.4 is 0 Å². The minimum Gasteiger partial charge on any atom is -0.456 e. The SMILES string of the molecule is c1cc(-c2c3ccccc3c(-c3ccc4oc5cc6ccccc6cc5c4c3)c3ccccc23)cc(-n2c3ccccc3c3ccccc32)c1.c1ccc2cc3c(cc2c1)oc1ccc(-c2c4ccccc4c(-c4ccc5oc6ccc7ccccc7c6c5c4)c4ccccc24)cc13.c1ccc2cc3c(cc2c1)oc1ccc(-c2c4ccccc4c(-c4cccc5c4sc4ccccc45)c4ccccc24)cc13. The molecule has 0 saturated carbocycles. The lowest BCUT2D eigenvalue weighted by Gasteiger charge is -2.18. The van der Waals surface area contributed by atoms with Crippen molar-refractivity contribution in [2.24, 2.45) is 0 Å². The normalized spacial score (nSPS) is 12.1. The molecule has 32 aromatic rings. The number of aromatic nitrogens is 1. The molecule has 0 aliphatic carbocycles. The summed E-state index contributed by atoms with van der Waals surface area (Å²) in [5.74, 6) is 0. The summed E-state index contributed by atoms with van der Waals surface area (Å²) in [6.45, 7) is 0. The van der Waals surface area contributed by atoms with Crippen molar-refractivity contribution in [2.75, 3.05) is 0 Å². The van der Waals surface area contributed by atoms with Gasteiger partial charge >= 0.3 is 0 Å². The first-order valence-corrected chi connectivity index (χ1v) is 49.4. The maximum Gasteiger partial charge on any atom is 0.136 e. The number of hydrogen-bond acceptors (Lipinski definition) is 5. The summed E-state index contributed by atoms with van der Waals surface area (Å²) in [6, 6.07) is 174. The van der Waals surface area contributed by atoms with Crippen molar-refractivity contribution in [3.8, 4) is 72.4 Å². The zero-order valence-electron chi connectivity index (χ0n) is 76.6. The van der Waals surface area contributed by atoms with Crippen LogP contribution in [0.15, 0.2) is 497 Å². The Hall–Kier alpha value is -18.5. The van der Waals surface area contributed by atoms with Gasteiger partial charge in [0.1, 0.15) is 44.7 Å². The number of benzene rings is 26. The summed E-state index contributed by atoms with van der Waals surface area (Å²) in [5, 5.41) is 39.0. The van der Waals surface area contributed by atoms with Gasteiger partial charge in [0, 0.05) is 85.3 Å². The Morgan fingerprint density at radius 3 is 0.838 bits per heavy atom. The molecule has 0 aliphatic rings. The van der Waals surface area contributed by atoms with Crippen molar-refractivity contribution < 1.29 is 17.7 Å². The summed E-state index contributed by atoms with van der Waals surface area (Å²) < 4.78 is 30.6. The molecule has 0 fully saturated rings. The van der Waals surface area contributed by atoms with Gasteiger partial charge in [0.25, 0.3) is 0 Å². The Labute approximate surface area is 816 Å². The van der Waals surface area contributed by atoms with Gasteiger partial charge in [-0.15, -0.1) is 11.3 Å². The molecule has 6 aromatic heterocycles. The minimum atomic E-state index is 0.905. The number of para-hydroxylation sites is 2. The van der Waals surface area contributed by atoms with E-state index in [0.717, 1.165) is 88.1 Å². The number of nitrogens with zero attached hydrogens (tertiary/aromatic N) is 1. The smallest absolute Gasteiger partial charge is 0.136 e. The zero-order chi connectivity index (χ0) is 92.9. The maximum atomic E-state index is 6.40. The molecule has 0 aliphatic heterocycles. The Bertz CT molecular complexity index is 10800. The first-order chi connectivity index (χ1) is 70.4. The average Bonchev–Trinajstić information content (AvgIpc) is 1.50. The van der Waals surface area contributed by atoms with Crippen LogP contribution in [-0.2, 0) is 0 Å². The molecule has 32 rings (SSSR count). The van der Waals surface area contributed by atoms with Crippen LogP contribution in [0.2, 0.25) is 0 Å². The molecule has 6 heteroatoms. The van der Waals surface area contributed by atoms with E-state index in [0.29, 0.717) is 0 Å². The van der Waals surface area contributed by atoms with Gasteiger partial charge in [-0.2, -0.15) is 0 Å². The predicted molar refractivity (Wildman–Crippen MR) is 603 cm³/mol. The van der Waals surface area contributed by atoms with E-state index in [-0.39, 0.29) is 0 Å². The molecule has 26 aromatic carbocycles. The summed E-state index contributed by atoms with van der Waals surface area (Å²) in [5.41, 5.74) is 25.7. The molecule has 0 unspecified atom stereocenters. The van der Waals surface area contributed by atoms with E-state index in [1.54, 1.807) is 0 Å². The van der Waals surface area contributed by atoms with Crippen LogP contribution in [0.4, 0.5) is 0 Å². The Morgan fingerprint density at radius 1 is 0.155 bits per heavy atom. The van der Waals surface area contributed by atoms with Crippen molar-refractivity contribution in [3.63, 3.8) is 0 Å². The number of thiophene rings is 1. The highest BCUT2D eigenvalue weighted by atomic mass is 32.1. The second kappa shape index (κ2) is 31.5. The Kier molecular flexibility index (Phi) is 17.7. The number of fused-ring (bicyclic) bond motifs is 29. The van der Waals surface area contributed by atoms with E-state index >= 15 is 0 Å². The standard InChI is InChI=1S/C48H29NO.C46H26O2.C42H24OS/c1-2-13-31-29-46-42(27-30(31)12-1)41-28-33(24-25-45(41)50-46)48-39-20-5-3-18-37(39)47(38-19-4-6-21-40(38)48)32-14-11-15-34(26-32)49-43-22-9-7-16-35(43)36-17-8-10-23-44(36)49;1-2-11-29-26-43-38(23-28(29)10-1)37-24-30(18-20-40(37)48-43)44-33-13-5-7-15-35(33)45(36-16-8-6-14-34(36)44)31-19-21-41-39(25-31)46-32-12-4-3-9-27(32)17-22-42(46)47-41;1-2-11-26-24-38-36(22-25(26)10-1)35-23-27(20-21-37(35)43-38)40-29-13-3-5-15-31(29)41(32-16-6-4-14-30(32)40)34-18-9-17-33-28-12-7-8-19-39(28)44-42(33)34/h1-29H;1-26H;1-24H. The Morgan fingerprint density at radius 2 is 0.437 bits per heavy atom. The van der Waals surface area contributed by atoms with Crippen LogP contribution in [0, 0.1) is 0 Å². The maximum absolute atomic E-state index is 6.40. The minimum absolute atomic E-state index is 0.905. The molecule has 142 heavy (non-hydrogen) atoms. The van der Waals surface area contributed by atoms with Gasteiger partial charge in [-0.25, -0.2) is 0 Å². The van der Waals surface area contributed by atoms with E-state index in [1.807, 2.05) is 11.3 Å². The lowest BCUT2D eigenvalue weighted by molar-refractivity contribution is 0.669. The van der Waals surface area contributed by atoms with Gasteiger partial charge < -0.3 is 22.2 Å². The van der Waals surface area contributed by atoms with Crippen LogP contribution in [0.25, 0.3) is 310 Å². The summed E-state index contributed by atoms with van der Waals surface area (Å²) in [4.78, 5) is 0. The van der Waals surface area contributed by atoms with Gasteiger partial charge in [-0.3, -0.25) is 0 Å². The van der Waals surface area contributed by atoms with E-state index in [2.05, 4.69) is 484 Å². The third-order valence-corrected chi connectivity index (χ3v) is 31.2. The fourth-order valence-corrected chi connectivity index (χ4v) is 25.0. The van der Waals surface area contributed by atoms with Crippen molar-refractivity contribution in [3.05, 3.63) is 479 Å². The summed E-state index contributed by atoms with van der Waals surface area (Å²) in [6.07, 6.45) is 0. The fourth-order valence-electron chi connectivity index (χ4n) is 23.7. The third kappa shape index (κ3) is 12.4. The second-order valence-electron chi connectivity index (χ2n) is 37.7. The molecule has 5 nitrogen and oxygen atoms in total. The first kappa shape index (κ1) is 79.7. The molecule has 0 radical (unpaired) electrons. The molecule has 0 spiro atoms. The summed E-state index contributed by atoms with van der Waals surface area (Å²) >= 11 is 1.89. The topological polar surface area (TPSA) is 57.5 Å². The second-order valence-corrected chi connectivity index (χ2v) is 38.8. The molecule has 0 atom stereocenters. The lowest BCUT2D eigenvalue weighted by Crippen LogP contribution is -1.95. The molecular formula is C136H79NO4S. The number of rotatable bonds is 7. The van der Waals surface area contributed by atoms with E-state index in [9.17, 15) is 0 Å². The van der Waals surface area contributed by atoms with E-state index in [1.165, 1.54) is 222 Å². The monoisotopic (exact) mass is 1820 g/mol. The quantitative estimate of drug-likeness (QED) is 0.149. The molecule has 0 N–H and O–H groups in total. The molecule has 6 heterocycles. The van der Waals surface area contributed by atoms with Crippen LogP contribution in [0.1, 0.15) is 0 Å². The predicted octanol–water partition coefficient (Wildman–Crippen LogP) is 39.7. The fraction of sp³-hybridized carbons (Fsp3) is 0. The van der Waals surface area contributed by atoms with Gasteiger partial charge in [-0.1, -0.05) is 358 Å². The van der Waals surface area contributed by atoms with Crippen molar-refractivity contribution in [2.45, 2.75) is 0 Å². The highest BCUT2D eigenvalue weighted by Crippen LogP contribution is 2.53. The van der Waals surface area contributed by atoms with Gasteiger partial charge in [0.05, 0.1) is 11.0 Å². The number of hydrogen-bond donors (Lipinski definition) is 0. The first-order valence-electron chi connectivity index (χ1n) is 48.6. The lowest BCUT2D eigenvalue weighted by atomic mass is 9.85. The largest absolute Gasteiger partial charge is 0.456 e. The average molecular weight is 1820 g/mol. The van der Waals surface area contributed by atoms with Crippen LogP contribution >= 0.6 is 11.3 Å². The van der Waals surface area contributed by atoms with Crippen LogP contribution in [0.5, 0.6) is 0 Å². The molecule has 0 bridgehead atoms. The molecular weight excluding hydrogens is 1740 g/mol. The zero-order valence-corrected chi connectivity index (χ0v) is 77.4. The third-order valence-electron chi connectivity index (χ3n) is 30.0. The highest BCUT2D eigenvalue weighted by molar-refractivity contribution is 7.26. The number of furan rings is 4. The molecule has 0 saturated heterocycles. The molecule has 658 valence electrons. The van der Waals surface area contributed by atoms with E-state index in [4.69, 9.17) is 17.7 Å².